The summed E-state index contributed by atoms with van der Waals surface area (Å²) in [6, 6.07) is 0. The van der Waals surface area contributed by atoms with E-state index in [9.17, 15) is 4.21 Å². The number of H-pyrrole nitrogens is 1. The molecule has 0 amide bonds. The molecule has 5 heteroatoms. The summed E-state index contributed by atoms with van der Waals surface area (Å²) < 4.78 is 20.1. The highest BCUT2D eigenvalue weighted by Gasteiger charge is 2.05. The minimum absolute atomic E-state index is 0.106. The summed E-state index contributed by atoms with van der Waals surface area (Å²) in [5, 5.41) is 1.32. The van der Waals surface area contributed by atoms with Gasteiger partial charge in [0.25, 0.3) is 0 Å². The number of aromatic nitrogens is 2. The van der Waals surface area contributed by atoms with Crippen LogP contribution in [0.15, 0.2) is 17.6 Å². The van der Waals surface area contributed by atoms with Crippen molar-refractivity contribution in [2.45, 2.75) is 12.1 Å². The molecule has 0 bridgehead atoms. The molecule has 0 fully saturated rings. The van der Waals surface area contributed by atoms with E-state index in [2.05, 4.69) is 9.97 Å². The maximum Gasteiger partial charge on any atom is 0.213 e. The van der Waals surface area contributed by atoms with Crippen LogP contribution in [0.3, 0.4) is 0 Å². The third-order valence-electron chi connectivity index (χ3n) is 1.07. The van der Waals surface area contributed by atoms with Crippen LogP contribution >= 0.6 is 0 Å². The molecule has 1 aromatic heterocycles. The Morgan fingerprint density at radius 3 is 3.00 bits per heavy atom. The Balaban J connectivity index is 3.23. The van der Waals surface area contributed by atoms with E-state index in [0.717, 1.165) is 0 Å². The minimum Gasteiger partial charge on any atom is -0.336 e. The standard InChI is InChI=1S/C5H8N2O2S/c1-2-10(8,9)5-6-3-4-7-5/h2-4H,1H3,(H,6,7)(H,8,9). The molecular weight excluding hydrogens is 152 g/mol. The highest BCUT2D eigenvalue weighted by Crippen LogP contribution is 1.98. The Morgan fingerprint density at radius 2 is 2.60 bits per heavy atom. The van der Waals surface area contributed by atoms with Crippen LogP contribution in [-0.2, 0) is 9.80 Å². The lowest BCUT2D eigenvalue weighted by Gasteiger charge is -1.94. The van der Waals surface area contributed by atoms with Crippen molar-refractivity contribution in [3.63, 3.8) is 0 Å². The van der Waals surface area contributed by atoms with Gasteiger partial charge in [-0.05, 0) is 12.3 Å². The Hall–Kier alpha value is -0.810. The van der Waals surface area contributed by atoms with Crippen LogP contribution < -0.4 is 0 Å². The quantitative estimate of drug-likeness (QED) is 0.582. The molecule has 0 spiro atoms. The minimum atomic E-state index is -3.00. The highest BCUT2D eigenvalue weighted by molar-refractivity contribution is 7.95. The summed E-state index contributed by atoms with van der Waals surface area (Å²) in [5.74, 6) is 0. The van der Waals surface area contributed by atoms with E-state index in [1.54, 1.807) is 0 Å². The van der Waals surface area contributed by atoms with Crippen molar-refractivity contribution in [2.24, 2.45) is 0 Å². The van der Waals surface area contributed by atoms with Gasteiger partial charge in [-0.1, -0.05) is 0 Å². The monoisotopic (exact) mass is 160 g/mol. The van der Waals surface area contributed by atoms with Gasteiger partial charge in [0, 0.05) is 12.4 Å². The van der Waals surface area contributed by atoms with Crippen LogP contribution in [0.5, 0.6) is 0 Å². The van der Waals surface area contributed by atoms with Gasteiger partial charge in [0.05, 0.1) is 0 Å². The van der Waals surface area contributed by atoms with E-state index in [-0.39, 0.29) is 5.16 Å². The molecule has 4 nitrogen and oxygen atoms in total. The van der Waals surface area contributed by atoms with E-state index < -0.39 is 9.80 Å². The van der Waals surface area contributed by atoms with E-state index in [1.807, 2.05) is 0 Å². The molecule has 0 saturated heterocycles. The zero-order valence-corrected chi connectivity index (χ0v) is 6.26. The molecule has 0 aliphatic rings. The van der Waals surface area contributed by atoms with E-state index >= 15 is 0 Å². The molecule has 1 atom stereocenters. The summed E-state index contributed by atoms with van der Waals surface area (Å²) >= 11 is 0. The van der Waals surface area contributed by atoms with E-state index in [1.165, 1.54) is 24.7 Å². The van der Waals surface area contributed by atoms with E-state index in [0.29, 0.717) is 0 Å². The molecule has 1 rings (SSSR count). The second-order valence-corrected chi connectivity index (χ2v) is 3.69. The maximum atomic E-state index is 11.0. The summed E-state index contributed by atoms with van der Waals surface area (Å²) in [7, 11) is -3.00. The molecule has 0 saturated carbocycles. The second-order valence-electron chi connectivity index (χ2n) is 1.70. The first-order valence-corrected chi connectivity index (χ1v) is 4.30. The van der Waals surface area contributed by atoms with E-state index in [4.69, 9.17) is 4.55 Å². The predicted molar refractivity (Wildman–Crippen MR) is 39.4 cm³/mol. The van der Waals surface area contributed by atoms with Crippen molar-refractivity contribution in [2.75, 3.05) is 0 Å². The molecule has 10 heavy (non-hydrogen) atoms. The van der Waals surface area contributed by atoms with Crippen LogP contribution in [-0.4, -0.2) is 24.1 Å². The number of imidazole rings is 1. The third-order valence-corrected chi connectivity index (χ3v) is 2.49. The number of nitrogens with one attached hydrogen (secondary N) is 1. The number of hydrogen-bond donors (Lipinski definition) is 2. The van der Waals surface area contributed by atoms with Crippen molar-refractivity contribution in [1.82, 2.24) is 9.97 Å². The van der Waals surface area contributed by atoms with Gasteiger partial charge in [0.15, 0.2) is 0 Å². The van der Waals surface area contributed by atoms with Gasteiger partial charge < -0.3 is 9.54 Å². The number of aromatic amines is 1. The summed E-state index contributed by atoms with van der Waals surface area (Å²) in [6.07, 6.45) is 2.95. The van der Waals surface area contributed by atoms with Crippen LogP contribution in [0, 0.1) is 0 Å². The molecule has 1 aromatic rings. The van der Waals surface area contributed by atoms with Gasteiger partial charge in [-0.25, -0.2) is 9.19 Å². The Labute approximate surface area is 59.1 Å². The predicted octanol–water partition coefficient (Wildman–Crippen LogP) is 0.348. The number of nitrogens with zero attached hydrogens (tertiary/aromatic N) is 1. The zero-order valence-electron chi connectivity index (χ0n) is 5.44. The molecule has 1 heterocycles. The van der Waals surface area contributed by atoms with Crippen molar-refractivity contribution >= 4 is 15.2 Å². The van der Waals surface area contributed by atoms with Crippen molar-refractivity contribution in [3.8, 4) is 0 Å². The third kappa shape index (κ3) is 1.19. The van der Waals surface area contributed by atoms with Crippen LogP contribution in [0.1, 0.15) is 6.92 Å². The Morgan fingerprint density at radius 1 is 1.90 bits per heavy atom. The molecule has 2 N–H and O–H groups in total. The van der Waals surface area contributed by atoms with Gasteiger partial charge >= 0.3 is 0 Å². The first-order chi connectivity index (χ1) is 4.67. The van der Waals surface area contributed by atoms with Crippen LogP contribution in [0.4, 0.5) is 0 Å². The first-order valence-electron chi connectivity index (χ1n) is 2.72. The van der Waals surface area contributed by atoms with Gasteiger partial charge in [-0.15, -0.1) is 0 Å². The van der Waals surface area contributed by atoms with Crippen molar-refractivity contribution in [3.05, 3.63) is 12.4 Å². The highest BCUT2D eigenvalue weighted by atomic mass is 32.2. The van der Waals surface area contributed by atoms with Crippen molar-refractivity contribution in [1.29, 1.82) is 0 Å². The average Bonchev–Trinajstić information content (AvgIpc) is 2.38. The molecular formula is C5H8N2O2S. The normalized spacial score (nSPS) is 16.2. The SMILES string of the molecule is CC=S(=O)(O)c1ncc[nH]1. The van der Waals surface area contributed by atoms with Gasteiger partial charge in [-0.2, -0.15) is 0 Å². The summed E-state index contributed by atoms with van der Waals surface area (Å²) in [4.78, 5) is 6.21. The smallest absolute Gasteiger partial charge is 0.213 e. The second kappa shape index (κ2) is 2.43. The summed E-state index contributed by atoms with van der Waals surface area (Å²) in [5.41, 5.74) is 0. The lowest BCUT2D eigenvalue weighted by Crippen LogP contribution is -2.02. The maximum absolute atomic E-state index is 11.0. The molecule has 1 unspecified atom stereocenters. The van der Waals surface area contributed by atoms with Crippen LogP contribution in [0.25, 0.3) is 0 Å². The lowest BCUT2D eigenvalue weighted by atomic mass is 11.0. The Bertz CT molecular complexity index is 308. The zero-order chi connectivity index (χ0) is 7.61. The lowest BCUT2D eigenvalue weighted by molar-refractivity contribution is 0.552. The van der Waals surface area contributed by atoms with Gasteiger partial charge in [-0.3, -0.25) is 0 Å². The first kappa shape index (κ1) is 7.30. The van der Waals surface area contributed by atoms with Crippen LogP contribution in [0.2, 0.25) is 0 Å². The molecule has 0 radical (unpaired) electrons. The fraction of sp³-hybridized carbons (Fsp3) is 0.200. The number of hydrogen-bond acceptors (Lipinski definition) is 2. The number of rotatable bonds is 1. The summed E-state index contributed by atoms with van der Waals surface area (Å²) in [6.45, 7) is 1.52. The molecule has 0 aliphatic heterocycles. The average molecular weight is 160 g/mol. The Kier molecular flexibility index (Phi) is 1.78. The molecule has 0 aromatic carbocycles. The van der Waals surface area contributed by atoms with Crippen molar-refractivity contribution < 1.29 is 8.76 Å². The molecule has 0 aliphatic carbocycles. The fourth-order valence-electron chi connectivity index (χ4n) is 0.522. The topological polar surface area (TPSA) is 66.0 Å². The molecule has 56 valence electrons. The van der Waals surface area contributed by atoms with Gasteiger partial charge in [0.2, 0.25) is 5.16 Å². The van der Waals surface area contributed by atoms with Gasteiger partial charge in [0.1, 0.15) is 9.80 Å². The fourth-order valence-corrected chi connectivity index (χ4v) is 1.19. The largest absolute Gasteiger partial charge is 0.336 e.